The molecule has 0 bridgehead atoms. The second kappa shape index (κ2) is 7.83. The Labute approximate surface area is 142 Å². The van der Waals surface area contributed by atoms with Crippen LogP contribution < -0.4 is 11.1 Å². The minimum atomic E-state index is -4.55. The molecular formula is C18H17F3N2O2. The van der Waals surface area contributed by atoms with E-state index in [-0.39, 0.29) is 18.4 Å². The highest BCUT2D eigenvalue weighted by molar-refractivity contribution is 5.87. The molecule has 2 aromatic carbocycles. The molecule has 132 valence electrons. The number of halogens is 3. The van der Waals surface area contributed by atoms with Crippen LogP contribution in [0.25, 0.3) is 0 Å². The van der Waals surface area contributed by atoms with Gasteiger partial charge in [0.1, 0.15) is 6.04 Å². The van der Waals surface area contributed by atoms with Crippen molar-refractivity contribution in [3.63, 3.8) is 0 Å². The molecule has 7 heteroatoms. The number of hydrogen-bond donors (Lipinski definition) is 2. The van der Waals surface area contributed by atoms with Crippen LogP contribution in [0.1, 0.15) is 16.7 Å². The van der Waals surface area contributed by atoms with Crippen molar-refractivity contribution in [1.29, 1.82) is 0 Å². The lowest BCUT2D eigenvalue weighted by Crippen LogP contribution is -2.46. The third-order valence-corrected chi connectivity index (χ3v) is 3.63. The zero-order valence-electron chi connectivity index (χ0n) is 13.2. The van der Waals surface area contributed by atoms with Crippen LogP contribution in [0, 0.1) is 0 Å². The number of amides is 2. The number of primary amides is 1. The molecule has 0 fully saturated rings. The van der Waals surface area contributed by atoms with Gasteiger partial charge in [0.25, 0.3) is 0 Å². The molecule has 0 saturated carbocycles. The molecular weight excluding hydrogens is 333 g/mol. The lowest BCUT2D eigenvalue weighted by Gasteiger charge is -2.18. The van der Waals surface area contributed by atoms with Crippen LogP contribution in [-0.2, 0) is 28.6 Å². The fraction of sp³-hybridized carbons (Fsp3) is 0.222. The normalized spacial score (nSPS) is 12.4. The maximum atomic E-state index is 13.0. The first-order chi connectivity index (χ1) is 11.8. The molecule has 0 aliphatic carbocycles. The van der Waals surface area contributed by atoms with E-state index in [9.17, 15) is 22.8 Å². The van der Waals surface area contributed by atoms with Crippen LogP contribution >= 0.6 is 0 Å². The number of alkyl halides is 3. The largest absolute Gasteiger partial charge is 0.416 e. The van der Waals surface area contributed by atoms with Gasteiger partial charge >= 0.3 is 6.18 Å². The Morgan fingerprint density at radius 1 is 1.00 bits per heavy atom. The molecule has 4 nitrogen and oxygen atoms in total. The number of nitrogens with two attached hydrogens (primary N) is 1. The summed E-state index contributed by atoms with van der Waals surface area (Å²) >= 11 is 0. The molecule has 2 amide bonds. The summed E-state index contributed by atoms with van der Waals surface area (Å²) in [6.07, 6.45) is -4.87. The lowest BCUT2D eigenvalue weighted by atomic mass is 9.99. The molecule has 0 spiro atoms. The Bertz CT molecular complexity index is 745. The van der Waals surface area contributed by atoms with E-state index in [1.165, 1.54) is 18.2 Å². The van der Waals surface area contributed by atoms with Gasteiger partial charge in [0.2, 0.25) is 11.8 Å². The van der Waals surface area contributed by atoms with E-state index in [0.29, 0.717) is 0 Å². The Morgan fingerprint density at radius 2 is 1.60 bits per heavy atom. The van der Waals surface area contributed by atoms with Gasteiger partial charge in [-0.15, -0.1) is 0 Å². The molecule has 1 atom stereocenters. The predicted octanol–water partition coefficient (Wildman–Crippen LogP) is 2.46. The maximum absolute atomic E-state index is 13.0. The summed E-state index contributed by atoms with van der Waals surface area (Å²) in [7, 11) is 0. The SMILES string of the molecule is NC(=O)[C@H](Cc1ccccc1C(F)(F)F)NC(=O)Cc1ccccc1. The van der Waals surface area contributed by atoms with Gasteiger partial charge in [-0.25, -0.2) is 0 Å². The Balaban J connectivity index is 2.12. The predicted molar refractivity (Wildman–Crippen MR) is 86.4 cm³/mol. The minimum Gasteiger partial charge on any atom is -0.368 e. The van der Waals surface area contributed by atoms with Gasteiger partial charge in [-0.2, -0.15) is 13.2 Å². The van der Waals surface area contributed by atoms with E-state index < -0.39 is 29.6 Å². The summed E-state index contributed by atoms with van der Waals surface area (Å²) in [6.45, 7) is 0. The van der Waals surface area contributed by atoms with Crippen molar-refractivity contribution < 1.29 is 22.8 Å². The summed E-state index contributed by atoms with van der Waals surface area (Å²) in [6, 6.07) is 12.5. The molecule has 0 aliphatic rings. The van der Waals surface area contributed by atoms with E-state index >= 15 is 0 Å². The fourth-order valence-electron chi connectivity index (χ4n) is 2.44. The fourth-order valence-corrected chi connectivity index (χ4v) is 2.44. The molecule has 0 unspecified atom stereocenters. The zero-order chi connectivity index (χ0) is 18.4. The van der Waals surface area contributed by atoms with Crippen molar-refractivity contribution in [2.24, 2.45) is 5.73 Å². The van der Waals surface area contributed by atoms with Gasteiger partial charge in [0, 0.05) is 6.42 Å². The van der Waals surface area contributed by atoms with Gasteiger partial charge in [-0.1, -0.05) is 48.5 Å². The average molecular weight is 350 g/mol. The number of carbonyl (C=O) groups excluding carboxylic acids is 2. The number of hydrogen-bond acceptors (Lipinski definition) is 2. The van der Waals surface area contributed by atoms with Gasteiger partial charge in [0.15, 0.2) is 0 Å². The van der Waals surface area contributed by atoms with Crippen LogP contribution in [0.5, 0.6) is 0 Å². The van der Waals surface area contributed by atoms with Crippen LogP contribution in [-0.4, -0.2) is 17.9 Å². The Morgan fingerprint density at radius 3 is 2.20 bits per heavy atom. The molecule has 0 heterocycles. The molecule has 25 heavy (non-hydrogen) atoms. The van der Waals surface area contributed by atoms with Crippen LogP contribution in [0.2, 0.25) is 0 Å². The quantitative estimate of drug-likeness (QED) is 0.840. The van der Waals surface area contributed by atoms with Gasteiger partial charge in [0.05, 0.1) is 12.0 Å². The molecule has 0 radical (unpaired) electrons. The summed E-state index contributed by atoms with van der Waals surface area (Å²) in [5.74, 6) is -1.38. The molecule has 0 aromatic heterocycles. The van der Waals surface area contributed by atoms with Crippen molar-refractivity contribution in [3.05, 3.63) is 71.3 Å². The highest BCUT2D eigenvalue weighted by Gasteiger charge is 2.34. The van der Waals surface area contributed by atoms with E-state index in [1.807, 2.05) is 0 Å². The van der Waals surface area contributed by atoms with E-state index in [4.69, 9.17) is 5.73 Å². The van der Waals surface area contributed by atoms with E-state index in [1.54, 1.807) is 30.3 Å². The highest BCUT2D eigenvalue weighted by Crippen LogP contribution is 2.32. The zero-order valence-corrected chi connectivity index (χ0v) is 13.2. The number of carbonyl (C=O) groups is 2. The third kappa shape index (κ3) is 5.34. The topological polar surface area (TPSA) is 72.2 Å². The molecule has 0 saturated heterocycles. The van der Waals surface area contributed by atoms with Crippen LogP contribution in [0.15, 0.2) is 54.6 Å². The summed E-state index contributed by atoms with van der Waals surface area (Å²) in [5, 5.41) is 2.41. The lowest BCUT2D eigenvalue weighted by molar-refractivity contribution is -0.138. The standard InChI is InChI=1S/C18H17F3N2O2/c19-18(20,21)14-9-5-4-8-13(14)11-15(17(22)25)23-16(24)10-12-6-2-1-3-7-12/h1-9,15H,10-11H2,(H2,22,25)(H,23,24)/t15-/m0/s1. The van der Waals surface area contributed by atoms with Gasteiger partial charge < -0.3 is 11.1 Å². The Kier molecular flexibility index (Phi) is 5.80. The van der Waals surface area contributed by atoms with Crippen molar-refractivity contribution >= 4 is 11.8 Å². The number of nitrogens with one attached hydrogen (secondary N) is 1. The first kappa shape index (κ1) is 18.5. The summed E-state index contributed by atoms with van der Waals surface area (Å²) < 4.78 is 39.1. The van der Waals surface area contributed by atoms with Crippen LogP contribution in [0.3, 0.4) is 0 Å². The highest BCUT2D eigenvalue weighted by atomic mass is 19.4. The second-order valence-corrected chi connectivity index (χ2v) is 5.54. The summed E-state index contributed by atoms with van der Waals surface area (Å²) in [5.41, 5.74) is 5.02. The van der Waals surface area contributed by atoms with E-state index in [2.05, 4.69) is 5.32 Å². The number of rotatable bonds is 6. The van der Waals surface area contributed by atoms with Crippen molar-refractivity contribution in [1.82, 2.24) is 5.32 Å². The molecule has 0 aliphatic heterocycles. The van der Waals surface area contributed by atoms with Crippen molar-refractivity contribution in [2.75, 3.05) is 0 Å². The second-order valence-electron chi connectivity index (χ2n) is 5.54. The molecule has 2 rings (SSSR count). The number of benzene rings is 2. The van der Waals surface area contributed by atoms with Crippen molar-refractivity contribution in [2.45, 2.75) is 25.1 Å². The Hall–Kier alpha value is -2.83. The van der Waals surface area contributed by atoms with Crippen molar-refractivity contribution in [3.8, 4) is 0 Å². The minimum absolute atomic E-state index is 0.00549. The first-order valence-electron chi connectivity index (χ1n) is 7.55. The molecule has 3 N–H and O–H groups in total. The summed E-state index contributed by atoms with van der Waals surface area (Å²) in [4.78, 5) is 23.6. The van der Waals surface area contributed by atoms with Gasteiger partial charge in [-0.05, 0) is 17.2 Å². The maximum Gasteiger partial charge on any atom is 0.416 e. The van der Waals surface area contributed by atoms with Crippen LogP contribution in [0.4, 0.5) is 13.2 Å². The third-order valence-electron chi connectivity index (χ3n) is 3.63. The first-order valence-corrected chi connectivity index (χ1v) is 7.55. The van der Waals surface area contributed by atoms with E-state index in [0.717, 1.165) is 11.6 Å². The molecule has 2 aromatic rings. The smallest absolute Gasteiger partial charge is 0.368 e. The van der Waals surface area contributed by atoms with Gasteiger partial charge in [-0.3, -0.25) is 9.59 Å². The monoisotopic (exact) mass is 350 g/mol. The average Bonchev–Trinajstić information content (AvgIpc) is 2.54.